The number of benzene rings is 1. The number of rotatable bonds is 8. The van der Waals surface area contributed by atoms with Gasteiger partial charge in [-0.05, 0) is 18.6 Å². The zero-order valence-corrected chi connectivity index (χ0v) is 12.0. The number of hydrogen-bond donors (Lipinski definition) is 5. The van der Waals surface area contributed by atoms with Crippen LogP contribution >= 0.6 is 0 Å². The molecule has 1 aromatic rings. The predicted octanol–water partition coefficient (Wildman–Crippen LogP) is 0.815. The van der Waals surface area contributed by atoms with Gasteiger partial charge in [-0.3, -0.25) is 4.79 Å². The zero-order valence-electron chi connectivity index (χ0n) is 12.0. The first-order valence-electron chi connectivity index (χ1n) is 6.48. The van der Waals surface area contributed by atoms with Gasteiger partial charge in [0.1, 0.15) is 5.92 Å². The van der Waals surface area contributed by atoms with Gasteiger partial charge in [0.25, 0.3) is 0 Å². The van der Waals surface area contributed by atoms with Crippen LogP contribution in [-0.2, 0) is 14.4 Å². The Morgan fingerprint density at radius 1 is 1.04 bits per heavy atom. The van der Waals surface area contributed by atoms with Gasteiger partial charge in [-0.15, -0.1) is 0 Å². The minimum absolute atomic E-state index is 0.295. The molecule has 0 heterocycles. The summed E-state index contributed by atoms with van der Waals surface area (Å²) in [6, 6.07) is 5.04. The smallest absolute Gasteiger partial charge is 0.342 e. The summed E-state index contributed by atoms with van der Waals surface area (Å²) >= 11 is 0. The van der Waals surface area contributed by atoms with Crippen LogP contribution in [0, 0.1) is 5.92 Å². The molecular formula is C14H15NO8. The number of aromatic carboxylic acids is 1. The van der Waals surface area contributed by atoms with Crippen LogP contribution < -0.4 is 5.32 Å². The Hall–Kier alpha value is -3.10. The maximum Gasteiger partial charge on any atom is 0.342 e. The fourth-order valence-electron chi connectivity index (χ4n) is 2.24. The Morgan fingerprint density at radius 3 is 1.96 bits per heavy atom. The van der Waals surface area contributed by atoms with E-state index in [0.717, 1.165) is 6.07 Å². The third-order valence-electron chi connectivity index (χ3n) is 3.39. The van der Waals surface area contributed by atoms with Crippen molar-refractivity contribution in [3.05, 3.63) is 29.8 Å². The maximum atomic E-state index is 11.6. The van der Waals surface area contributed by atoms with E-state index in [4.69, 9.17) is 5.11 Å². The highest BCUT2D eigenvalue weighted by atomic mass is 16.4. The molecule has 9 nitrogen and oxygen atoms in total. The average molecular weight is 325 g/mol. The van der Waals surface area contributed by atoms with Crippen molar-refractivity contribution < 1.29 is 39.6 Å². The minimum atomic E-state index is -2.91. The van der Waals surface area contributed by atoms with Crippen LogP contribution in [0.15, 0.2) is 24.3 Å². The summed E-state index contributed by atoms with van der Waals surface area (Å²) in [4.78, 5) is 45.7. The Bertz CT molecular complexity index is 640. The molecule has 23 heavy (non-hydrogen) atoms. The van der Waals surface area contributed by atoms with Crippen LogP contribution in [0.3, 0.4) is 0 Å². The van der Waals surface area contributed by atoms with Gasteiger partial charge in [-0.2, -0.15) is 0 Å². The lowest BCUT2D eigenvalue weighted by Crippen LogP contribution is -2.61. The van der Waals surface area contributed by atoms with E-state index >= 15 is 0 Å². The molecule has 1 rings (SSSR count). The number of carbonyl (C=O) groups is 4. The topological polar surface area (TPSA) is 161 Å². The van der Waals surface area contributed by atoms with Crippen LogP contribution in [0.1, 0.15) is 23.7 Å². The second-order valence-electron chi connectivity index (χ2n) is 4.69. The highest BCUT2D eigenvalue weighted by Crippen LogP contribution is 2.29. The van der Waals surface area contributed by atoms with E-state index < -0.39 is 35.3 Å². The fourth-order valence-corrected chi connectivity index (χ4v) is 2.24. The SMILES string of the molecule is CCC(C(=O)O)C(Nc1ccccc1C(=O)O)(C(=O)O)C(=O)O. The van der Waals surface area contributed by atoms with Gasteiger partial charge >= 0.3 is 23.9 Å². The molecule has 9 heteroatoms. The summed E-state index contributed by atoms with van der Waals surface area (Å²) in [5, 5.41) is 39.1. The molecule has 0 aliphatic heterocycles. The van der Waals surface area contributed by atoms with Gasteiger partial charge in [-0.25, -0.2) is 14.4 Å². The number of aliphatic carboxylic acids is 3. The van der Waals surface area contributed by atoms with E-state index in [1.807, 2.05) is 0 Å². The third kappa shape index (κ3) is 3.23. The van der Waals surface area contributed by atoms with Crippen molar-refractivity contribution in [2.75, 3.05) is 5.32 Å². The largest absolute Gasteiger partial charge is 0.481 e. The second-order valence-corrected chi connectivity index (χ2v) is 4.69. The molecule has 1 unspecified atom stereocenters. The van der Waals surface area contributed by atoms with Gasteiger partial charge in [0.2, 0.25) is 5.54 Å². The molecule has 0 aromatic heterocycles. The Kier molecular flexibility index (Phi) is 5.29. The van der Waals surface area contributed by atoms with Crippen LogP contribution in [0.2, 0.25) is 0 Å². The zero-order chi connectivity index (χ0) is 17.8. The third-order valence-corrected chi connectivity index (χ3v) is 3.39. The number of para-hydroxylation sites is 1. The average Bonchev–Trinajstić information content (AvgIpc) is 2.46. The Morgan fingerprint density at radius 2 is 1.57 bits per heavy atom. The Balaban J connectivity index is 3.55. The van der Waals surface area contributed by atoms with E-state index in [2.05, 4.69) is 5.32 Å². The molecular weight excluding hydrogens is 310 g/mol. The molecule has 0 aliphatic rings. The van der Waals surface area contributed by atoms with Crippen molar-refractivity contribution in [3.8, 4) is 0 Å². The lowest BCUT2D eigenvalue weighted by atomic mass is 9.81. The first kappa shape index (κ1) is 18.0. The molecule has 0 spiro atoms. The number of hydrogen-bond acceptors (Lipinski definition) is 5. The lowest BCUT2D eigenvalue weighted by Gasteiger charge is -2.32. The summed E-state index contributed by atoms with van der Waals surface area (Å²) in [5.41, 5.74) is -3.59. The lowest BCUT2D eigenvalue weighted by molar-refractivity contribution is -0.165. The number of anilines is 1. The highest BCUT2D eigenvalue weighted by molar-refractivity contribution is 6.10. The van der Waals surface area contributed by atoms with Crippen molar-refractivity contribution in [2.24, 2.45) is 5.92 Å². The highest BCUT2D eigenvalue weighted by Gasteiger charge is 2.56. The second kappa shape index (κ2) is 6.77. The van der Waals surface area contributed by atoms with Crippen LogP contribution in [0.4, 0.5) is 5.69 Å². The normalized spacial score (nSPS) is 12.2. The number of carboxylic acids is 4. The molecule has 124 valence electrons. The van der Waals surface area contributed by atoms with Gasteiger partial charge in [0.05, 0.1) is 11.3 Å². The Labute approximate surface area is 130 Å². The van der Waals surface area contributed by atoms with E-state index in [1.165, 1.54) is 25.1 Å². The molecule has 1 aromatic carbocycles. The first-order chi connectivity index (χ1) is 10.7. The standard InChI is InChI=1S/C14H15NO8/c1-2-8(11(18)19)14(12(20)21,13(22)23)15-9-6-4-3-5-7(9)10(16)17/h3-6,8,15H,2H2,1H3,(H,16,17)(H,18,19)(H,20,21)(H,22,23). The summed E-state index contributed by atoms with van der Waals surface area (Å²) in [6.07, 6.45) is -0.295. The van der Waals surface area contributed by atoms with Gasteiger partial charge in [0, 0.05) is 0 Å². The van der Waals surface area contributed by atoms with Crippen molar-refractivity contribution in [2.45, 2.75) is 18.9 Å². The maximum absolute atomic E-state index is 11.6. The van der Waals surface area contributed by atoms with Crippen molar-refractivity contribution in [1.29, 1.82) is 0 Å². The predicted molar refractivity (Wildman–Crippen MR) is 76.4 cm³/mol. The molecule has 0 amide bonds. The number of carboxylic acid groups (broad SMARTS) is 4. The van der Waals surface area contributed by atoms with Gasteiger partial charge < -0.3 is 25.7 Å². The summed E-state index contributed by atoms with van der Waals surface area (Å²) in [5.74, 6) is -8.73. The van der Waals surface area contributed by atoms with Crippen LogP contribution in [-0.4, -0.2) is 49.8 Å². The monoisotopic (exact) mass is 325 g/mol. The molecule has 0 aliphatic carbocycles. The first-order valence-corrected chi connectivity index (χ1v) is 6.48. The molecule has 5 N–H and O–H groups in total. The van der Waals surface area contributed by atoms with Gasteiger partial charge in [0.15, 0.2) is 0 Å². The van der Waals surface area contributed by atoms with E-state index in [9.17, 15) is 34.5 Å². The fraction of sp³-hybridized carbons (Fsp3) is 0.286. The van der Waals surface area contributed by atoms with E-state index in [-0.39, 0.29) is 17.7 Å². The summed E-state index contributed by atoms with van der Waals surface area (Å²) in [7, 11) is 0. The molecule has 0 saturated carbocycles. The van der Waals surface area contributed by atoms with E-state index in [1.54, 1.807) is 0 Å². The van der Waals surface area contributed by atoms with Crippen LogP contribution in [0.25, 0.3) is 0 Å². The molecule has 0 saturated heterocycles. The molecule has 0 bridgehead atoms. The molecule has 0 fully saturated rings. The van der Waals surface area contributed by atoms with Crippen LogP contribution in [0.5, 0.6) is 0 Å². The van der Waals surface area contributed by atoms with Gasteiger partial charge in [-0.1, -0.05) is 19.1 Å². The van der Waals surface area contributed by atoms with Crippen molar-refractivity contribution in [1.82, 2.24) is 0 Å². The quantitative estimate of drug-likeness (QED) is 0.435. The van der Waals surface area contributed by atoms with Crippen molar-refractivity contribution >= 4 is 29.6 Å². The molecule has 1 atom stereocenters. The number of nitrogens with one attached hydrogen (secondary N) is 1. The summed E-state index contributed by atoms with van der Waals surface area (Å²) < 4.78 is 0. The molecule has 0 radical (unpaired) electrons. The minimum Gasteiger partial charge on any atom is -0.481 e. The van der Waals surface area contributed by atoms with Crippen molar-refractivity contribution in [3.63, 3.8) is 0 Å². The summed E-state index contributed by atoms with van der Waals surface area (Å²) in [6.45, 7) is 1.32. The van der Waals surface area contributed by atoms with E-state index in [0.29, 0.717) is 0 Å².